The Bertz CT molecular complexity index is 552. The second-order valence-electron chi connectivity index (χ2n) is 5.04. The summed E-state index contributed by atoms with van der Waals surface area (Å²) in [6, 6.07) is 6.41. The number of rotatable bonds is 5. The van der Waals surface area contributed by atoms with Crippen LogP contribution in [-0.4, -0.2) is 44.1 Å². The molecule has 0 aromatic heterocycles. The van der Waals surface area contributed by atoms with Crippen LogP contribution in [0.5, 0.6) is 0 Å². The third-order valence-corrected chi connectivity index (χ3v) is 5.63. The van der Waals surface area contributed by atoms with E-state index in [1.807, 2.05) is 6.92 Å². The third-order valence-electron chi connectivity index (χ3n) is 3.73. The van der Waals surface area contributed by atoms with Crippen molar-refractivity contribution in [2.75, 3.05) is 20.3 Å². The summed E-state index contributed by atoms with van der Waals surface area (Å²) in [5.41, 5.74) is 0.629. The first-order valence-electron chi connectivity index (χ1n) is 6.80. The minimum Gasteiger partial charge on any atom is -0.388 e. The molecule has 0 spiro atoms. The standard InChI is InChI=1S/C14H21NO4S/c1-3-14(16)11-5-4-6-13(9-11)20(17,18)15(2)12-7-8-19-10-12/h4-6,9,12,14,16H,3,7-8,10H2,1-2H3. The molecule has 0 saturated carbocycles. The molecule has 2 rings (SSSR count). The zero-order chi connectivity index (χ0) is 14.8. The molecule has 1 aromatic rings. The first kappa shape index (κ1) is 15.4. The Morgan fingerprint density at radius 3 is 2.85 bits per heavy atom. The van der Waals surface area contributed by atoms with Crippen LogP contribution in [-0.2, 0) is 14.8 Å². The first-order chi connectivity index (χ1) is 9.46. The fourth-order valence-corrected chi connectivity index (χ4v) is 3.72. The van der Waals surface area contributed by atoms with Crippen LogP contribution in [0.15, 0.2) is 29.2 Å². The molecule has 112 valence electrons. The Kier molecular flexibility index (Phi) is 4.80. The summed E-state index contributed by atoms with van der Waals surface area (Å²) >= 11 is 0. The topological polar surface area (TPSA) is 66.8 Å². The summed E-state index contributed by atoms with van der Waals surface area (Å²) in [6.45, 7) is 2.89. The molecular formula is C14H21NO4S. The molecule has 0 amide bonds. The van der Waals surface area contributed by atoms with Crippen LogP contribution in [0.2, 0.25) is 0 Å². The molecule has 0 aliphatic carbocycles. The van der Waals surface area contributed by atoms with Gasteiger partial charge in [0.25, 0.3) is 0 Å². The lowest BCUT2D eigenvalue weighted by Gasteiger charge is -2.23. The summed E-state index contributed by atoms with van der Waals surface area (Å²) in [5, 5.41) is 9.84. The van der Waals surface area contributed by atoms with Crippen molar-refractivity contribution in [3.8, 4) is 0 Å². The van der Waals surface area contributed by atoms with E-state index in [0.717, 1.165) is 0 Å². The van der Waals surface area contributed by atoms with Gasteiger partial charge in [-0.1, -0.05) is 19.1 Å². The summed E-state index contributed by atoms with van der Waals surface area (Å²) in [4.78, 5) is 0.219. The molecule has 1 aromatic carbocycles. The number of likely N-dealkylation sites (N-methyl/N-ethyl adjacent to an activating group) is 1. The van der Waals surface area contributed by atoms with E-state index < -0.39 is 16.1 Å². The number of nitrogens with zero attached hydrogens (tertiary/aromatic N) is 1. The van der Waals surface area contributed by atoms with Gasteiger partial charge in [-0.3, -0.25) is 0 Å². The van der Waals surface area contributed by atoms with Crippen LogP contribution >= 0.6 is 0 Å². The summed E-state index contributed by atoms with van der Waals surface area (Å²) in [6.07, 6.45) is 0.633. The van der Waals surface area contributed by atoms with Gasteiger partial charge >= 0.3 is 0 Å². The van der Waals surface area contributed by atoms with E-state index in [-0.39, 0.29) is 10.9 Å². The average molecular weight is 299 g/mol. The third kappa shape index (κ3) is 3.03. The molecular weight excluding hydrogens is 278 g/mol. The fraction of sp³-hybridized carbons (Fsp3) is 0.571. The van der Waals surface area contributed by atoms with Crippen molar-refractivity contribution in [2.45, 2.75) is 36.8 Å². The fourth-order valence-electron chi connectivity index (χ4n) is 2.29. The van der Waals surface area contributed by atoms with Crippen molar-refractivity contribution in [1.82, 2.24) is 4.31 Å². The Balaban J connectivity index is 2.29. The number of sulfonamides is 1. The second kappa shape index (κ2) is 6.22. The van der Waals surface area contributed by atoms with Gasteiger partial charge in [0.15, 0.2) is 0 Å². The van der Waals surface area contributed by atoms with Gasteiger partial charge in [0.2, 0.25) is 10.0 Å². The number of hydrogen-bond acceptors (Lipinski definition) is 4. The number of aliphatic hydroxyl groups excluding tert-OH is 1. The molecule has 1 aliphatic heterocycles. The lowest BCUT2D eigenvalue weighted by Crippen LogP contribution is -2.37. The van der Waals surface area contributed by atoms with Crippen molar-refractivity contribution in [1.29, 1.82) is 0 Å². The highest BCUT2D eigenvalue weighted by Crippen LogP contribution is 2.24. The maximum Gasteiger partial charge on any atom is 0.243 e. The minimum atomic E-state index is -3.54. The zero-order valence-electron chi connectivity index (χ0n) is 11.8. The maximum absolute atomic E-state index is 12.6. The lowest BCUT2D eigenvalue weighted by molar-refractivity contribution is 0.173. The van der Waals surface area contributed by atoms with Gasteiger partial charge in [0, 0.05) is 13.7 Å². The SMILES string of the molecule is CCC(O)c1cccc(S(=O)(=O)N(C)C2CCOC2)c1. The van der Waals surface area contributed by atoms with Gasteiger partial charge in [-0.05, 0) is 30.5 Å². The number of aliphatic hydroxyl groups is 1. The van der Waals surface area contributed by atoms with E-state index in [9.17, 15) is 13.5 Å². The van der Waals surface area contributed by atoms with Crippen LogP contribution in [0.3, 0.4) is 0 Å². The van der Waals surface area contributed by atoms with Crippen LogP contribution in [0, 0.1) is 0 Å². The Morgan fingerprint density at radius 1 is 1.50 bits per heavy atom. The van der Waals surface area contributed by atoms with Crippen LogP contribution in [0.4, 0.5) is 0 Å². The van der Waals surface area contributed by atoms with Gasteiger partial charge in [-0.15, -0.1) is 0 Å². The molecule has 1 aliphatic rings. The molecule has 1 fully saturated rings. The number of hydrogen-bond donors (Lipinski definition) is 1. The second-order valence-corrected chi connectivity index (χ2v) is 7.03. The lowest BCUT2D eigenvalue weighted by atomic mass is 10.1. The highest BCUT2D eigenvalue weighted by atomic mass is 32.2. The van der Waals surface area contributed by atoms with Gasteiger partial charge in [-0.2, -0.15) is 4.31 Å². The zero-order valence-corrected chi connectivity index (χ0v) is 12.6. The van der Waals surface area contributed by atoms with Crippen molar-refractivity contribution in [3.05, 3.63) is 29.8 Å². The highest BCUT2D eigenvalue weighted by Gasteiger charge is 2.30. The van der Waals surface area contributed by atoms with Crippen molar-refractivity contribution in [2.24, 2.45) is 0 Å². The smallest absolute Gasteiger partial charge is 0.243 e. The van der Waals surface area contributed by atoms with Crippen LogP contribution < -0.4 is 0 Å². The van der Waals surface area contributed by atoms with Crippen molar-refractivity contribution < 1.29 is 18.3 Å². The van der Waals surface area contributed by atoms with Crippen molar-refractivity contribution in [3.63, 3.8) is 0 Å². The molecule has 1 N–H and O–H groups in total. The summed E-state index contributed by atoms with van der Waals surface area (Å²) in [5.74, 6) is 0. The molecule has 5 nitrogen and oxygen atoms in total. The van der Waals surface area contributed by atoms with E-state index >= 15 is 0 Å². The van der Waals surface area contributed by atoms with E-state index in [1.54, 1.807) is 31.3 Å². The summed E-state index contributed by atoms with van der Waals surface area (Å²) < 4.78 is 31.8. The van der Waals surface area contributed by atoms with E-state index in [2.05, 4.69) is 0 Å². The minimum absolute atomic E-state index is 0.111. The van der Waals surface area contributed by atoms with E-state index in [4.69, 9.17) is 4.74 Å². The Labute approximate surface area is 120 Å². The number of benzene rings is 1. The molecule has 2 unspecified atom stereocenters. The van der Waals surface area contributed by atoms with Gasteiger partial charge in [-0.25, -0.2) is 8.42 Å². The van der Waals surface area contributed by atoms with Gasteiger partial charge in [0.05, 0.1) is 23.6 Å². The first-order valence-corrected chi connectivity index (χ1v) is 8.24. The summed E-state index contributed by atoms with van der Waals surface area (Å²) in [7, 11) is -1.96. The van der Waals surface area contributed by atoms with Gasteiger partial charge in [0.1, 0.15) is 0 Å². The van der Waals surface area contributed by atoms with E-state index in [0.29, 0.717) is 31.6 Å². The average Bonchev–Trinajstić information content (AvgIpc) is 2.99. The molecule has 2 atom stereocenters. The number of ether oxygens (including phenoxy) is 1. The largest absolute Gasteiger partial charge is 0.388 e. The van der Waals surface area contributed by atoms with Gasteiger partial charge < -0.3 is 9.84 Å². The monoisotopic (exact) mass is 299 g/mol. The molecule has 6 heteroatoms. The molecule has 20 heavy (non-hydrogen) atoms. The molecule has 1 heterocycles. The van der Waals surface area contributed by atoms with Crippen LogP contribution in [0.1, 0.15) is 31.4 Å². The molecule has 0 bridgehead atoms. The predicted octanol–water partition coefficient (Wildman–Crippen LogP) is 1.54. The van der Waals surface area contributed by atoms with Crippen molar-refractivity contribution >= 4 is 10.0 Å². The normalized spacial score (nSPS) is 21.3. The molecule has 0 radical (unpaired) electrons. The molecule has 1 saturated heterocycles. The quantitative estimate of drug-likeness (QED) is 0.895. The highest BCUT2D eigenvalue weighted by molar-refractivity contribution is 7.89. The predicted molar refractivity (Wildman–Crippen MR) is 75.9 cm³/mol. The van der Waals surface area contributed by atoms with Crippen LogP contribution in [0.25, 0.3) is 0 Å². The van der Waals surface area contributed by atoms with E-state index in [1.165, 1.54) is 4.31 Å². The Morgan fingerprint density at radius 2 is 2.25 bits per heavy atom. The maximum atomic E-state index is 12.6. The Hall–Kier alpha value is -0.950.